The first kappa shape index (κ1) is 19.7. The fourth-order valence-corrected chi connectivity index (χ4v) is 3.68. The molecule has 1 aliphatic heterocycles. The van der Waals surface area contributed by atoms with Crippen LogP contribution < -0.4 is 5.32 Å². The van der Waals surface area contributed by atoms with Gasteiger partial charge in [-0.15, -0.1) is 0 Å². The van der Waals surface area contributed by atoms with E-state index < -0.39 is 4.92 Å². The molecule has 0 spiro atoms. The first-order chi connectivity index (χ1) is 14.4. The summed E-state index contributed by atoms with van der Waals surface area (Å²) < 4.78 is 5.78. The zero-order valence-corrected chi connectivity index (χ0v) is 17.0. The predicted octanol–water partition coefficient (Wildman–Crippen LogP) is 5.36. The molecule has 0 unspecified atom stereocenters. The van der Waals surface area contributed by atoms with Crippen LogP contribution in [0.25, 0.3) is 17.4 Å². The average Bonchev–Trinajstić information content (AvgIpc) is 3.32. The molecule has 0 saturated carbocycles. The van der Waals surface area contributed by atoms with Crippen LogP contribution in [0.3, 0.4) is 0 Å². The smallest absolute Gasteiger partial charge is 0.269 e. The molecule has 2 aromatic carbocycles. The van der Waals surface area contributed by atoms with E-state index in [0.29, 0.717) is 27.2 Å². The molecule has 30 heavy (non-hydrogen) atoms. The summed E-state index contributed by atoms with van der Waals surface area (Å²) in [6, 6.07) is 15.5. The van der Waals surface area contributed by atoms with Crippen LogP contribution in [0.15, 0.2) is 68.9 Å². The largest absolute Gasteiger partial charge is 0.457 e. The van der Waals surface area contributed by atoms with Gasteiger partial charge < -0.3 is 9.73 Å². The van der Waals surface area contributed by atoms with Gasteiger partial charge in [-0.2, -0.15) is 0 Å². The first-order valence-corrected chi connectivity index (χ1v) is 9.92. The molecule has 3 aromatic rings. The number of nitrogens with one attached hydrogen (secondary N) is 1. The number of hydrogen-bond donors (Lipinski definition) is 1. The summed E-state index contributed by atoms with van der Waals surface area (Å²) in [5, 5.41) is 14.0. The number of nitro groups is 1. The third-order valence-electron chi connectivity index (χ3n) is 4.63. The Balaban J connectivity index is 1.52. The predicted molar refractivity (Wildman–Crippen MR) is 118 cm³/mol. The van der Waals surface area contributed by atoms with Gasteiger partial charge >= 0.3 is 0 Å². The van der Waals surface area contributed by atoms with Crippen molar-refractivity contribution in [2.24, 2.45) is 4.99 Å². The third kappa shape index (κ3) is 4.18. The van der Waals surface area contributed by atoms with E-state index >= 15 is 0 Å². The van der Waals surface area contributed by atoms with Crippen LogP contribution in [0.1, 0.15) is 16.9 Å². The molecule has 7 nitrogen and oxygen atoms in total. The van der Waals surface area contributed by atoms with E-state index in [4.69, 9.17) is 4.42 Å². The number of amides is 1. The van der Waals surface area contributed by atoms with Gasteiger partial charge in [-0.1, -0.05) is 6.07 Å². The number of carbonyl (C=O) groups is 1. The number of aryl methyl sites for hydroxylation is 2. The Morgan fingerprint density at radius 1 is 1.07 bits per heavy atom. The van der Waals surface area contributed by atoms with Crippen molar-refractivity contribution in [3.8, 4) is 11.3 Å². The number of thioether (sulfide) groups is 1. The summed E-state index contributed by atoms with van der Waals surface area (Å²) >= 11 is 1.24. The molecule has 1 N–H and O–H groups in total. The number of non-ortho nitro benzene ring substituents is 1. The Kier molecular flexibility index (Phi) is 5.24. The summed E-state index contributed by atoms with van der Waals surface area (Å²) in [4.78, 5) is 27.6. The maximum absolute atomic E-state index is 12.3. The van der Waals surface area contributed by atoms with Crippen molar-refractivity contribution in [3.63, 3.8) is 0 Å². The van der Waals surface area contributed by atoms with E-state index in [1.54, 1.807) is 30.3 Å². The van der Waals surface area contributed by atoms with Crippen LogP contribution in [0, 0.1) is 24.0 Å². The van der Waals surface area contributed by atoms with Gasteiger partial charge in [0, 0.05) is 23.8 Å². The molecule has 2 heterocycles. The Labute approximate surface area is 176 Å². The lowest BCUT2D eigenvalue weighted by Crippen LogP contribution is -2.19. The Morgan fingerprint density at radius 3 is 2.53 bits per heavy atom. The number of hydrogen-bond acceptors (Lipinski definition) is 6. The van der Waals surface area contributed by atoms with Crippen molar-refractivity contribution in [1.82, 2.24) is 5.32 Å². The SMILES string of the molecule is Cc1ccc(N=C2NC(=O)C(=Cc3ccc(-c4ccc([N+](=O)[O-])cc4)o3)S2)cc1C. The van der Waals surface area contributed by atoms with Crippen molar-refractivity contribution < 1.29 is 14.1 Å². The highest BCUT2D eigenvalue weighted by atomic mass is 32.2. The number of rotatable bonds is 4. The van der Waals surface area contributed by atoms with E-state index in [1.807, 2.05) is 32.0 Å². The highest BCUT2D eigenvalue weighted by molar-refractivity contribution is 8.18. The van der Waals surface area contributed by atoms with Gasteiger partial charge in [0.05, 0.1) is 15.5 Å². The zero-order valence-electron chi connectivity index (χ0n) is 16.2. The summed E-state index contributed by atoms with van der Waals surface area (Å²) in [5.74, 6) is 0.827. The van der Waals surface area contributed by atoms with Crippen LogP contribution in [-0.2, 0) is 4.79 Å². The molecule has 0 bridgehead atoms. The molecule has 1 aliphatic rings. The maximum atomic E-state index is 12.3. The summed E-state index contributed by atoms with van der Waals surface area (Å²) in [7, 11) is 0. The van der Waals surface area contributed by atoms with Crippen LogP contribution in [0.2, 0.25) is 0 Å². The summed E-state index contributed by atoms with van der Waals surface area (Å²) in [6.07, 6.45) is 1.65. The average molecular weight is 419 g/mol. The fourth-order valence-electron chi connectivity index (χ4n) is 2.86. The number of nitro benzene ring substituents is 1. The molecule has 0 radical (unpaired) electrons. The zero-order chi connectivity index (χ0) is 21.3. The maximum Gasteiger partial charge on any atom is 0.269 e. The minimum Gasteiger partial charge on any atom is -0.457 e. The second kappa shape index (κ2) is 8.00. The second-order valence-electron chi connectivity index (χ2n) is 6.76. The van der Waals surface area contributed by atoms with Gasteiger partial charge in [-0.05, 0) is 73.1 Å². The van der Waals surface area contributed by atoms with Crippen LogP contribution in [-0.4, -0.2) is 16.0 Å². The van der Waals surface area contributed by atoms with Gasteiger partial charge in [0.25, 0.3) is 11.6 Å². The first-order valence-electron chi connectivity index (χ1n) is 9.10. The Bertz CT molecular complexity index is 1210. The van der Waals surface area contributed by atoms with E-state index in [9.17, 15) is 14.9 Å². The molecule has 8 heteroatoms. The molecule has 0 atom stereocenters. The molecule has 4 rings (SSSR count). The number of furan rings is 1. The normalized spacial score (nSPS) is 16.3. The van der Waals surface area contributed by atoms with Gasteiger partial charge in [0.2, 0.25) is 0 Å². The number of amidine groups is 1. The van der Waals surface area contributed by atoms with Crippen molar-refractivity contribution in [1.29, 1.82) is 0 Å². The lowest BCUT2D eigenvalue weighted by molar-refractivity contribution is -0.384. The van der Waals surface area contributed by atoms with Crippen LogP contribution in [0.5, 0.6) is 0 Å². The van der Waals surface area contributed by atoms with Gasteiger partial charge in [0.15, 0.2) is 5.17 Å². The van der Waals surface area contributed by atoms with Crippen molar-refractivity contribution in [2.45, 2.75) is 13.8 Å². The van der Waals surface area contributed by atoms with E-state index in [2.05, 4.69) is 10.3 Å². The van der Waals surface area contributed by atoms with Gasteiger partial charge in [0.1, 0.15) is 11.5 Å². The Hall–Kier alpha value is -3.65. The monoisotopic (exact) mass is 419 g/mol. The minimum atomic E-state index is -0.450. The third-order valence-corrected chi connectivity index (χ3v) is 5.54. The fraction of sp³-hybridized carbons (Fsp3) is 0.0909. The molecular weight excluding hydrogens is 402 g/mol. The number of nitrogens with zero attached hydrogens (tertiary/aromatic N) is 2. The molecule has 0 aliphatic carbocycles. The molecule has 1 aromatic heterocycles. The summed E-state index contributed by atoms with van der Waals surface area (Å²) in [6.45, 7) is 4.05. The van der Waals surface area contributed by atoms with E-state index in [1.165, 1.54) is 29.5 Å². The summed E-state index contributed by atoms with van der Waals surface area (Å²) in [5.41, 5.74) is 3.83. The molecule has 1 saturated heterocycles. The van der Waals surface area contributed by atoms with Crippen LogP contribution in [0.4, 0.5) is 11.4 Å². The highest BCUT2D eigenvalue weighted by Crippen LogP contribution is 2.31. The molecule has 1 amide bonds. The minimum absolute atomic E-state index is 0.0160. The lowest BCUT2D eigenvalue weighted by atomic mass is 10.1. The second-order valence-corrected chi connectivity index (χ2v) is 7.79. The number of benzene rings is 2. The van der Waals surface area contributed by atoms with Crippen molar-refractivity contribution in [2.75, 3.05) is 0 Å². The van der Waals surface area contributed by atoms with E-state index in [0.717, 1.165) is 11.3 Å². The molecule has 150 valence electrons. The number of carbonyl (C=O) groups excluding carboxylic acids is 1. The van der Waals surface area contributed by atoms with Crippen molar-refractivity contribution >= 4 is 40.3 Å². The quantitative estimate of drug-likeness (QED) is 0.349. The highest BCUT2D eigenvalue weighted by Gasteiger charge is 2.24. The molecular formula is C22H17N3O4S. The standard InChI is InChI=1S/C22H17N3O4S/c1-13-3-6-16(11-14(13)2)23-22-24-21(26)20(30-22)12-18-9-10-19(29-18)15-4-7-17(8-5-15)25(27)28/h3-12H,1-2H3,(H,23,24,26). The molecule has 1 fully saturated rings. The Morgan fingerprint density at radius 2 is 1.83 bits per heavy atom. The lowest BCUT2D eigenvalue weighted by Gasteiger charge is -2.01. The van der Waals surface area contributed by atoms with Crippen molar-refractivity contribution in [3.05, 3.63) is 86.5 Å². The van der Waals surface area contributed by atoms with E-state index in [-0.39, 0.29) is 11.6 Å². The number of aliphatic imine (C=N–C) groups is 1. The topological polar surface area (TPSA) is 97.7 Å². The van der Waals surface area contributed by atoms with Crippen LogP contribution >= 0.6 is 11.8 Å². The van der Waals surface area contributed by atoms with Gasteiger partial charge in [-0.25, -0.2) is 4.99 Å². The van der Waals surface area contributed by atoms with Gasteiger partial charge in [-0.3, -0.25) is 14.9 Å².